The van der Waals surface area contributed by atoms with E-state index in [4.69, 9.17) is 4.74 Å². The van der Waals surface area contributed by atoms with E-state index >= 15 is 0 Å². The van der Waals surface area contributed by atoms with E-state index in [1.54, 1.807) is 6.92 Å². The average molecular weight is 446 g/mol. The van der Waals surface area contributed by atoms with Crippen LogP contribution in [0.2, 0.25) is 0 Å². The Balaban J connectivity index is 2.64. The highest BCUT2D eigenvalue weighted by atomic mass is 32.2. The molecule has 7 nitrogen and oxygen atoms in total. The number of rotatable bonds is 8. The number of sulfonamides is 1. The molecule has 2 aromatic rings. The van der Waals surface area contributed by atoms with Crippen LogP contribution in [-0.4, -0.2) is 39.9 Å². The Morgan fingerprint density at radius 3 is 2.20 bits per heavy atom. The van der Waals surface area contributed by atoms with Crippen LogP contribution in [0.25, 0.3) is 0 Å². The van der Waals surface area contributed by atoms with Crippen molar-refractivity contribution in [1.29, 1.82) is 0 Å². The number of hydrogen-bond acceptors (Lipinski definition) is 6. The summed E-state index contributed by atoms with van der Waals surface area (Å²) in [7, 11) is -3.58. The molecule has 0 aromatic heterocycles. The first-order valence-electron chi connectivity index (χ1n) is 8.72. The molecule has 2 aromatic carbocycles. The number of alkyl halides is 3. The quantitative estimate of drug-likeness (QED) is 0.478. The second kappa shape index (κ2) is 8.92. The summed E-state index contributed by atoms with van der Waals surface area (Å²) in [4.78, 5) is 12.1. The number of hydrogen-bond donors (Lipinski definition) is 2. The van der Waals surface area contributed by atoms with Crippen molar-refractivity contribution in [2.45, 2.75) is 30.6 Å². The highest BCUT2D eigenvalue weighted by molar-refractivity contribution is 7.89. The van der Waals surface area contributed by atoms with Gasteiger partial charge in [-0.05, 0) is 38.1 Å². The first-order valence-corrected chi connectivity index (χ1v) is 10.2. The number of carbonyl (C=O) groups excluding carboxylic acids is 1. The lowest BCUT2D eigenvalue weighted by Crippen LogP contribution is -2.69. The summed E-state index contributed by atoms with van der Waals surface area (Å²) in [6, 6.07) is 10.6. The standard InChI is InChI=1S/C19H21F3N2O5S/c1-4-29-17(25)18(19(20,21)22,23-15-7-5-6-8-16(15)28-3)24-30(26,27)14-11-9-13(2)10-12-14/h5-12,23-24H,4H2,1-3H3/t18-/m1/s1. The summed E-state index contributed by atoms with van der Waals surface area (Å²) < 4.78 is 79.4. The summed E-state index contributed by atoms with van der Waals surface area (Å²) in [6.07, 6.45) is -5.42. The fourth-order valence-electron chi connectivity index (χ4n) is 2.53. The van der Waals surface area contributed by atoms with E-state index in [0.29, 0.717) is 5.56 Å². The minimum atomic E-state index is -5.42. The van der Waals surface area contributed by atoms with Crippen molar-refractivity contribution in [2.24, 2.45) is 0 Å². The maximum Gasteiger partial charge on any atom is 0.437 e. The van der Waals surface area contributed by atoms with Crippen LogP contribution in [0.4, 0.5) is 18.9 Å². The summed E-state index contributed by atoms with van der Waals surface area (Å²) in [5.41, 5.74) is -3.37. The van der Waals surface area contributed by atoms with E-state index in [0.717, 1.165) is 12.1 Å². The maximum atomic E-state index is 14.2. The Morgan fingerprint density at radius 2 is 1.67 bits per heavy atom. The fourth-order valence-corrected chi connectivity index (χ4v) is 3.80. The zero-order valence-electron chi connectivity index (χ0n) is 16.4. The molecule has 1 atom stereocenters. The van der Waals surface area contributed by atoms with Crippen molar-refractivity contribution in [1.82, 2.24) is 4.72 Å². The van der Waals surface area contributed by atoms with Gasteiger partial charge >= 0.3 is 12.1 Å². The van der Waals surface area contributed by atoms with Gasteiger partial charge in [0.25, 0.3) is 5.66 Å². The van der Waals surface area contributed by atoms with Gasteiger partial charge in [0.05, 0.1) is 24.3 Å². The number of aryl methyl sites for hydroxylation is 1. The second-order valence-corrected chi connectivity index (χ2v) is 7.89. The highest BCUT2D eigenvalue weighted by Gasteiger charge is 2.64. The van der Waals surface area contributed by atoms with Gasteiger partial charge in [0, 0.05) is 0 Å². The molecule has 0 aliphatic heterocycles. The number of halogens is 3. The number of benzene rings is 2. The lowest BCUT2D eigenvalue weighted by atomic mass is 10.1. The van der Waals surface area contributed by atoms with Gasteiger partial charge < -0.3 is 14.8 Å². The molecule has 2 N–H and O–H groups in total. The number of carbonyl (C=O) groups is 1. The summed E-state index contributed by atoms with van der Waals surface area (Å²) in [6.45, 7) is 2.58. The number of ether oxygens (including phenoxy) is 2. The number of methoxy groups -OCH3 is 1. The topological polar surface area (TPSA) is 93.7 Å². The molecular formula is C19H21F3N2O5S. The smallest absolute Gasteiger partial charge is 0.437 e. The third-order valence-corrected chi connectivity index (χ3v) is 5.52. The molecule has 0 fully saturated rings. The van der Waals surface area contributed by atoms with Crippen LogP contribution in [0, 0.1) is 6.92 Å². The van der Waals surface area contributed by atoms with E-state index in [1.165, 1.54) is 55.2 Å². The van der Waals surface area contributed by atoms with Crippen molar-refractivity contribution in [3.05, 3.63) is 54.1 Å². The predicted molar refractivity (Wildman–Crippen MR) is 104 cm³/mol. The van der Waals surface area contributed by atoms with Crippen LogP contribution < -0.4 is 14.8 Å². The van der Waals surface area contributed by atoms with E-state index < -0.39 is 39.3 Å². The molecular weight excluding hydrogens is 425 g/mol. The minimum Gasteiger partial charge on any atom is -0.495 e. The Labute approximate surface area is 172 Å². The van der Waals surface area contributed by atoms with Crippen LogP contribution in [0.1, 0.15) is 12.5 Å². The van der Waals surface area contributed by atoms with Gasteiger partial charge in [0.2, 0.25) is 10.0 Å². The molecule has 0 aliphatic rings. The third-order valence-electron chi connectivity index (χ3n) is 4.05. The molecule has 0 spiro atoms. The van der Waals surface area contributed by atoms with E-state index in [9.17, 15) is 26.4 Å². The summed E-state index contributed by atoms with van der Waals surface area (Å²) >= 11 is 0. The third kappa shape index (κ3) is 4.85. The number of esters is 1. The van der Waals surface area contributed by atoms with Crippen molar-refractivity contribution >= 4 is 21.7 Å². The fraction of sp³-hybridized carbons (Fsp3) is 0.316. The average Bonchev–Trinajstić information content (AvgIpc) is 2.67. The molecule has 164 valence electrons. The van der Waals surface area contributed by atoms with Crippen LogP contribution in [-0.2, 0) is 19.6 Å². The lowest BCUT2D eigenvalue weighted by molar-refractivity contribution is -0.202. The van der Waals surface area contributed by atoms with Crippen molar-refractivity contribution in [2.75, 3.05) is 19.0 Å². The van der Waals surface area contributed by atoms with Gasteiger partial charge in [0.1, 0.15) is 5.75 Å². The molecule has 0 aliphatic carbocycles. The zero-order valence-corrected chi connectivity index (χ0v) is 17.2. The van der Waals surface area contributed by atoms with Crippen LogP contribution in [0.3, 0.4) is 0 Å². The van der Waals surface area contributed by atoms with Crippen LogP contribution in [0.5, 0.6) is 5.75 Å². The molecule has 0 saturated heterocycles. The second-order valence-electron chi connectivity index (χ2n) is 6.21. The first-order chi connectivity index (χ1) is 14.0. The van der Waals surface area contributed by atoms with Gasteiger partial charge in [-0.1, -0.05) is 29.8 Å². The molecule has 0 saturated carbocycles. The van der Waals surface area contributed by atoms with E-state index in [2.05, 4.69) is 4.74 Å². The molecule has 11 heteroatoms. The number of nitrogens with one attached hydrogen (secondary N) is 2. The molecule has 0 heterocycles. The largest absolute Gasteiger partial charge is 0.495 e. The van der Waals surface area contributed by atoms with Gasteiger partial charge in [-0.15, -0.1) is 0 Å². The molecule has 0 radical (unpaired) electrons. The molecule has 2 rings (SSSR count). The number of anilines is 1. The molecule has 0 bridgehead atoms. The predicted octanol–water partition coefficient (Wildman–Crippen LogP) is 3.22. The molecule has 30 heavy (non-hydrogen) atoms. The van der Waals surface area contributed by atoms with Crippen molar-refractivity contribution in [3.8, 4) is 5.75 Å². The van der Waals surface area contributed by atoms with Gasteiger partial charge in [-0.2, -0.15) is 17.9 Å². The van der Waals surface area contributed by atoms with E-state index in [-0.39, 0.29) is 11.4 Å². The van der Waals surface area contributed by atoms with Gasteiger partial charge in [-0.3, -0.25) is 0 Å². The van der Waals surface area contributed by atoms with Gasteiger partial charge in [0.15, 0.2) is 0 Å². The Bertz CT molecular complexity index is 994. The Hall–Kier alpha value is -2.79. The summed E-state index contributed by atoms with van der Waals surface area (Å²) in [5, 5.41) is 1.96. The van der Waals surface area contributed by atoms with Crippen LogP contribution in [0.15, 0.2) is 53.4 Å². The van der Waals surface area contributed by atoms with E-state index in [1.807, 2.05) is 5.32 Å². The lowest BCUT2D eigenvalue weighted by Gasteiger charge is -2.35. The SMILES string of the molecule is CCOC(=O)[C@@](Nc1ccccc1OC)(NS(=O)(=O)c1ccc(C)cc1)C(F)(F)F. The molecule has 0 unspecified atom stereocenters. The first kappa shape index (κ1) is 23.5. The van der Waals surface area contributed by atoms with Crippen molar-refractivity contribution < 1.29 is 35.9 Å². The van der Waals surface area contributed by atoms with Crippen molar-refractivity contribution in [3.63, 3.8) is 0 Å². The van der Waals surface area contributed by atoms with Gasteiger partial charge in [-0.25, -0.2) is 13.2 Å². The minimum absolute atomic E-state index is 0.0371. The summed E-state index contributed by atoms with van der Waals surface area (Å²) in [5.74, 6) is -1.90. The molecule has 0 amide bonds. The Kier molecular flexibility index (Phi) is 6.99. The highest BCUT2D eigenvalue weighted by Crippen LogP contribution is 2.37. The number of para-hydroxylation sites is 2. The normalized spacial score (nSPS) is 13.9. The Morgan fingerprint density at radius 1 is 1.07 bits per heavy atom. The zero-order chi connectivity index (χ0) is 22.6. The van der Waals surface area contributed by atoms with Crippen LogP contribution >= 0.6 is 0 Å². The maximum absolute atomic E-state index is 14.2. The monoisotopic (exact) mass is 446 g/mol.